The van der Waals surface area contributed by atoms with Crippen molar-refractivity contribution in [3.63, 3.8) is 0 Å². The number of rotatable bonds is 9. The van der Waals surface area contributed by atoms with Gasteiger partial charge in [0.2, 0.25) is 5.91 Å². The monoisotopic (exact) mass is 510 g/mol. The van der Waals surface area contributed by atoms with E-state index in [4.69, 9.17) is 9.47 Å². The van der Waals surface area contributed by atoms with Crippen LogP contribution in [0.4, 0.5) is 0 Å². The van der Waals surface area contributed by atoms with Crippen molar-refractivity contribution in [3.05, 3.63) is 22.4 Å². The number of ether oxygens (including phenoxy) is 2. The molecule has 2 heterocycles. The number of halogens is 1. The first-order valence-corrected chi connectivity index (χ1v) is 9.89. The minimum Gasteiger partial charge on any atom is -0.379 e. The van der Waals surface area contributed by atoms with Crippen LogP contribution in [-0.2, 0) is 20.7 Å². The van der Waals surface area contributed by atoms with E-state index < -0.39 is 0 Å². The molecule has 154 valence electrons. The molecule has 2 unspecified atom stereocenters. The Balaban J connectivity index is 0.00000364. The number of likely N-dealkylation sites (N-methyl/N-ethyl adjacent to an activating group) is 1. The number of carbonyl (C=O) groups excluding carboxylic acids is 1. The molecule has 1 aliphatic rings. The number of guanidine groups is 1. The van der Waals surface area contributed by atoms with Crippen LogP contribution in [-0.4, -0.2) is 75.9 Å². The lowest BCUT2D eigenvalue weighted by molar-refractivity contribution is -0.127. The minimum atomic E-state index is -0.0311. The lowest BCUT2D eigenvalue weighted by Gasteiger charge is -2.20. The van der Waals surface area contributed by atoms with Gasteiger partial charge in [-0.25, -0.2) is 4.99 Å². The molecule has 1 aromatic heterocycles. The second-order valence-corrected chi connectivity index (χ2v) is 7.61. The van der Waals surface area contributed by atoms with Crippen molar-refractivity contribution < 1.29 is 14.3 Å². The van der Waals surface area contributed by atoms with E-state index in [0.29, 0.717) is 19.2 Å². The molecule has 1 saturated heterocycles. The fraction of sp³-hybridized carbons (Fsp3) is 0.667. The smallest absolute Gasteiger partial charge is 0.243 e. The van der Waals surface area contributed by atoms with Gasteiger partial charge >= 0.3 is 0 Å². The van der Waals surface area contributed by atoms with Crippen molar-refractivity contribution in [3.8, 4) is 0 Å². The first-order valence-electron chi connectivity index (χ1n) is 9.01. The summed E-state index contributed by atoms with van der Waals surface area (Å²) in [5.74, 6) is 0.604. The highest BCUT2D eigenvalue weighted by Gasteiger charge is 2.17. The van der Waals surface area contributed by atoms with Crippen molar-refractivity contribution in [1.82, 2.24) is 15.5 Å². The van der Waals surface area contributed by atoms with E-state index in [1.807, 2.05) is 6.92 Å². The molecular formula is C18H31IN4O3S. The van der Waals surface area contributed by atoms with E-state index >= 15 is 0 Å². The Morgan fingerprint density at radius 1 is 1.52 bits per heavy atom. The van der Waals surface area contributed by atoms with Crippen LogP contribution >= 0.6 is 35.3 Å². The van der Waals surface area contributed by atoms with Crippen LogP contribution in [0.3, 0.4) is 0 Å². The van der Waals surface area contributed by atoms with Crippen molar-refractivity contribution in [2.24, 2.45) is 4.99 Å². The summed E-state index contributed by atoms with van der Waals surface area (Å²) in [5, 5.41) is 8.70. The maximum atomic E-state index is 11.8. The minimum absolute atomic E-state index is 0. The molecule has 2 rings (SSSR count). The summed E-state index contributed by atoms with van der Waals surface area (Å²) in [4.78, 5) is 19.1. The van der Waals surface area contributed by atoms with Gasteiger partial charge in [-0.05, 0) is 31.2 Å². The number of hydrogen-bond donors (Lipinski definition) is 2. The first kappa shape index (κ1) is 24.1. The molecule has 27 heavy (non-hydrogen) atoms. The Morgan fingerprint density at radius 3 is 2.96 bits per heavy atom. The Morgan fingerprint density at radius 2 is 2.33 bits per heavy atom. The summed E-state index contributed by atoms with van der Waals surface area (Å²) in [5.41, 5.74) is 0. The number of carbonyl (C=O) groups is 1. The zero-order valence-corrected chi connectivity index (χ0v) is 19.4. The largest absolute Gasteiger partial charge is 0.379 e. The van der Waals surface area contributed by atoms with Gasteiger partial charge in [-0.2, -0.15) is 0 Å². The topological polar surface area (TPSA) is 75.2 Å². The fourth-order valence-corrected chi connectivity index (χ4v) is 3.11. The molecule has 1 aromatic rings. The van der Waals surface area contributed by atoms with E-state index in [2.05, 4.69) is 33.1 Å². The number of amides is 1. The Bertz CT molecular complexity index is 563. The average molecular weight is 510 g/mol. The molecule has 2 atom stereocenters. The third-order valence-electron chi connectivity index (χ3n) is 3.97. The Kier molecular flexibility index (Phi) is 11.9. The molecule has 0 spiro atoms. The second kappa shape index (κ2) is 13.3. The lowest BCUT2D eigenvalue weighted by Crippen LogP contribution is -2.45. The molecule has 0 radical (unpaired) electrons. The SMILES string of the molecule is CC(COC1CCOC1)NC(=NCC(=O)N(C)C)NCCc1cccs1.I. The lowest BCUT2D eigenvalue weighted by atomic mass is 10.3. The summed E-state index contributed by atoms with van der Waals surface area (Å²) < 4.78 is 11.2. The van der Waals surface area contributed by atoms with Gasteiger partial charge in [0.05, 0.1) is 19.3 Å². The van der Waals surface area contributed by atoms with E-state index in [0.717, 1.165) is 26.0 Å². The molecule has 7 nitrogen and oxygen atoms in total. The molecule has 0 bridgehead atoms. The summed E-state index contributed by atoms with van der Waals surface area (Å²) >= 11 is 1.74. The standard InChI is InChI=1S/C18H30N4O3S.HI/c1-14(12-25-15-7-9-24-13-15)21-18(20-11-17(23)22(2)3)19-8-6-16-5-4-10-26-16;/h4-5,10,14-15H,6-9,11-13H2,1-3H3,(H2,19,20,21);1H. The quantitative estimate of drug-likeness (QED) is 0.301. The summed E-state index contributed by atoms with van der Waals surface area (Å²) in [7, 11) is 3.46. The molecule has 1 aliphatic heterocycles. The van der Waals surface area contributed by atoms with Crippen LogP contribution in [0.2, 0.25) is 0 Å². The summed E-state index contributed by atoms with van der Waals surface area (Å²) in [6, 6.07) is 4.25. The molecule has 2 N–H and O–H groups in total. The highest BCUT2D eigenvalue weighted by atomic mass is 127. The van der Waals surface area contributed by atoms with Gasteiger partial charge in [0, 0.05) is 38.2 Å². The molecule has 0 saturated carbocycles. The molecule has 1 amide bonds. The number of aliphatic imine (C=N–C) groups is 1. The second-order valence-electron chi connectivity index (χ2n) is 6.57. The molecule has 9 heteroatoms. The average Bonchev–Trinajstić information content (AvgIpc) is 3.31. The number of thiophene rings is 1. The van der Waals surface area contributed by atoms with E-state index in [9.17, 15) is 4.79 Å². The highest BCUT2D eigenvalue weighted by molar-refractivity contribution is 14.0. The van der Waals surface area contributed by atoms with Crippen molar-refractivity contribution in [2.75, 3.05) is 47.0 Å². The Labute approximate surface area is 182 Å². The van der Waals surface area contributed by atoms with E-state index in [-0.39, 0.29) is 48.6 Å². The third kappa shape index (κ3) is 9.72. The zero-order chi connectivity index (χ0) is 18.8. The maximum absolute atomic E-state index is 11.8. The number of nitrogens with zero attached hydrogens (tertiary/aromatic N) is 2. The van der Waals surface area contributed by atoms with Crippen LogP contribution in [0.15, 0.2) is 22.5 Å². The maximum Gasteiger partial charge on any atom is 0.243 e. The molecular weight excluding hydrogens is 479 g/mol. The molecule has 0 aliphatic carbocycles. The molecule has 0 aromatic carbocycles. The number of nitrogens with one attached hydrogen (secondary N) is 2. The predicted molar refractivity (Wildman–Crippen MR) is 120 cm³/mol. The first-order chi connectivity index (χ1) is 12.5. The normalized spacial score (nSPS) is 17.9. The van der Waals surface area contributed by atoms with Gasteiger partial charge in [0.1, 0.15) is 6.54 Å². The third-order valence-corrected chi connectivity index (χ3v) is 4.90. The van der Waals surface area contributed by atoms with Crippen molar-refractivity contribution in [1.29, 1.82) is 0 Å². The highest BCUT2D eigenvalue weighted by Crippen LogP contribution is 2.09. The van der Waals surface area contributed by atoms with Crippen LogP contribution in [0.25, 0.3) is 0 Å². The van der Waals surface area contributed by atoms with Gasteiger partial charge in [-0.1, -0.05) is 6.07 Å². The number of hydrogen-bond acceptors (Lipinski definition) is 5. The van der Waals surface area contributed by atoms with Crippen LogP contribution in [0, 0.1) is 0 Å². The van der Waals surface area contributed by atoms with Crippen molar-refractivity contribution in [2.45, 2.75) is 31.9 Å². The summed E-state index contributed by atoms with van der Waals surface area (Å²) in [6.07, 6.45) is 2.05. The van der Waals surface area contributed by atoms with E-state index in [1.165, 1.54) is 4.88 Å². The van der Waals surface area contributed by atoms with Gasteiger partial charge in [-0.15, -0.1) is 35.3 Å². The van der Waals surface area contributed by atoms with Gasteiger partial charge in [0.25, 0.3) is 0 Å². The van der Waals surface area contributed by atoms with E-state index in [1.54, 1.807) is 30.3 Å². The predicted octanol–water partition coefficient (Wildman–Crippen LogP) is 1.73. The Hall–Kier alpha value is -0.910. The van der Waals surface area contributed by atoms with Crippen LogP contribution in [0.1, 0.15) is 18.2 Å². The van der Waals surface area contributed by atoms with Crippen LogP contribution in [0.5, 0.6) is 0 Å². The van der Waals surface area contributed by atoms with Gasteiger partial charge < -0.3 is 25.0 Å². The van der Waals surface area contributed by atoms with Crippen molar-refractivity contribution >= 4 is 47.2 Å². The van der Waals surface area contributed by atoms with Crippen LogP contribution < -0.4 is 10.6 Å². The summed E-state index contributed by atoms with van der Waals surface area (Å²) in [6.45, 7) is 4.93. The molecule has 1 fully saturated rings. The van der Waals surface area contributed by atoms with Gasteiger partial charge in [0.15, 0.2) is 5.96 Å². The van der Waals surface area contributed by atoms with Gasteiger partial charge in [-0.3, -0.25) is 4.79 Å². The zero-order valence-electron chi connectivity index (χ0n) is 16.3. The fourth-order valence-electron chi connectivity index (χ4n) is 2.40.